The molecule has 34 heavy (non-hydrogen) atoms. The van der Waals surface area contributed by atoms with Crippen LogP contribution in [-0.2, 0) is 30.3 Å². The Kier molecular flexibility index (Phi) is 10.3. The maximum Gasteiger partial charge on any atom is 0 e. The number of carbonyl (C=O) groups excluding carboxylic acids is 1. The fourth-order valence-electron chi connectivity index (χ4n) is 2.86. The van der Waals surface area contributed by atoms with Crippen LogP contribution < -0.4 is 0 Å². The standard InChI is InChI=1S/C18H18NSe.C11H20O2.Ir/c1-12-7-14(9-15(8-12)18(2,3)4)16-10-13-5-6-20-17(13)11-19-16;1-10(2,3)8(12)7-9(13)11(4,5)6;/h5-6,8-11H,1-4H3;7,12H,1-6H3;/q-1;;/b;8-7-;. The van der Waals surface area contributed by atoms with Crippen molar-refractivity contribution in [2.45, 2.75) is 74.7 Å². The Hall–Kier alpha value is -1.51. The fourth-order valence-corrected chi connectivity index (χ4v) is 4.41. The van der Waals surface area contributed by atoms with Crippen LogP contribution in [0, 0.1) is 23.8 Å². The second-order valence-electron chi connectivity index (χ2n) is 11.6. The number of nitrogens with zero attached hydrogens (tertiary/aromatic N) is 1. The van der Waals surface area contributed by atoms with E-state index >= 15 is 0 Å². The summed E-state index contributed by atoms with van der Waals surface area (Å²) >= 11 is 0.466. The van der Waals surface area contributed by atoms with Gasteiger partial charge in [-0.2, -0.15) is 0 Å². The third kappa shape index (κ3) is 8.61. The van der Waals surface area contributed by atoms with Crippen LogP contribution in [-0.4, -0.2) is 30.4 Å². The smallest absolute Gasteiger partial charge is 0 e. The van der Waals surface area contributed by atoms with E-state index in [0.29, 0.717) is 14.5 Å². The summed E-state index contributed by atoms with van der Waals surface area (Å²) in [4.78, 5) is 18.4. The zero-order valence-electron chi connectivity index (χ0n) is 22.1. The van der Waals surface area contributed by atoms with Crippen LogP contribution in [0.25, 0.3) is 20.9 Å². The Morgan fingerprint density at radius 1 is 1.00 bits per heavy atom. The van der Waals surface area contributed by atoms with Gasteiger partial charge in [-0.15, -0.1) is 0 Å². The van der Waals surface area contributed by atoms with E-state index in [0.717, 1.165) is 11.3 Å². The molecule has 1 radical (unpaired) electrons. The number of pyridine rings is 1. The molecule has 0 saturated carbocycles. The first kappa shape index (κ1) is 30.5. The molecule has 0 bridgehead atoms. The van der Waals surface area contributed by atoms with Crippen molar-refractivity contribution in [2.24, 2.45) is 10.8 Å². The number of fused-ring (bicyclic) bond motifs is 1. The van der Waals surface area contributed by atoms with Gasteiger partial charge >= 0.3 is 126 Å². The van der Waals surface area contributed by atoms with Crippen molar-refractivity contribution in [1.82, 2.24) is 4.98 Å². The Bertz CT molecular complexity index is 1160. The predicted octanol–water partition coefficient (Wildman–Crippen LogP) is 7.45. The number of ketones is 1. The summed E-state index contributed by atoms with van der Waals surface area (Å²) in [6.45, 7) is 19.9. The Morgan fingerprint density at radius 2 is 1.62 bits per heavy atom. The van der Waals surface area contributed by atoms with Crippen molar-refractivity contribution in [2.75, 3.05) is 0 Å². The van der Waals surface area contributed by atoms with Crippen molar-refractivity contribution >= 4 is 29.9 Å². The van der Waals surface area contributed by atoms with Crippen LogP contribution in [0.1, 0.15) is 73.4 Å². The summed E-state index contributed by atoms with van der Waals surface area (Å²) in [5, 5.41) is 10.9. The Labute approximate surface area is 225 Å². The topological polar surface area (TPSA) is 50.2 Å². The largest absolute Gasteiger partial charge is 0 e. The molecule has 0 amide bonds. The Morgan fingerprint density at radius 3 is 2.15 bits per heavy atom. The average molecular weight is 704 g/mol. The van der Waals surface area contributed by atoms with Crippen LogP contribution in [0.5, 0.6) is 0 Å². The minimum atomic E-state index is -0.417. The van der Waals surface area contributed by atoms with Crippen LogP contribution in [0.2, 0.25) is 0 Å². The van der Waals surface area contributed by atoms with Crippen molar-refractivity contribution in [1.29, 1.82) is 0 Å². The van der Waals surface area contributed by atoms with E-state index in [9.17, 15) is 9.90 Å². The number of aryl methyl sites for hydroxylation is 1. The van der Waals surface area contributed by atoms with E-state index in [4.69, 9.17) is 0 Å². The van der Waals surface area contributed by atoms with Crippen molar-refractivity contribution in [3.8, 4) is 11.3 Å². The van der Waals surface area contributed by atoms with E-state index in [-0.39, 0.29) is 42.5 Å². The van der Waals surface area contributed by atoms with Gasteiger partial charge in [0, 0.05) is 37.0 Å². The third-order valence-electron chi connectivity index (χ3n) is 5.26. The molecule has 0 fully saturated rings. The summed E-state index contributed by atoms with van der Waals surface area (Å²) in [7, 11) is 0. The van der Waals surface area contributed by atoms with Gasteiger partial charge in [-0.1, -0.05) is 41.5 Å². The van der Waals surface area contributed by atoms with Gasteiger partial charge in [0.05, 0.1) is 0 Å². The minimum absolute atomic E-state index is 0. The molecule has 3 aromatic rings. The van der Waals surface area contributed by atoms with Crippen molar-refractivity contribution in [3.63, 3.8) is 0 Å². The molecular weight excluding hydrogens is 666 g/mol. The van der Waals surface area contributed by atoms with Gasteiger partial charge in [-0.25, -0.2) is 0 Å². The van der Waals surface area contributed by atoms with Crippen LogP contribution in [0.4, 0.5) is 0 Å². The molecule has 0 saturated heterocycles. The second-order valence-corrected chi connectivity index (χ2v) is 13.6. The van der Waals surface area contributed by atoms with Crippen LogP contribution in [0.3, 0.4) is 0 Å². The van der Waals surface area contributed by atoms with Gasteiger partial charge in [0.15, 0.2) is 5.78 Å². The SMILES string of the molecule is CC(C)(C)C(=O)/C=C(\O)C(C)(C)C.Cc1[c-]c(-c2cc3cc[se]c3cn2)cc(C(C)(C)C)c1.[Ir]. The fraction of sp³-hybridized carbons (Fsp3) is 0.448. The molecule has 1 N–H and O–H groups in total. The van der Waals surface area contributed by atoms with E-state index in [1.54, 1.807) is 0 Å². The van der Waals surface area contributed by atoms with E-state index in [1.165, 1.54) is 26.8 Å². The molecule has 187 valence electrons. The number of aliphatic hydroxyl groups is 1. The van der Waals surface area contributed by atoms with E-state index in [1.807, 2.05) is 47.7 Å². The van der Waals surface area contributed by atoms with Gasteiger partial charge < -0.3 is 5.11 Å². The average Bonchev–Trinajstić information content (AvgIpc) is 3.13. The first-order chi connectivity index (χ1) is 15.0. The maximum atomic E-state index is 11.5. The van der Waals surface area contributed by atoms with Gasteiger partial charge in [0.2, 0.25) is 0 Å². The summed E-state index contributed by atoms with van der Waals surface area (Å²) in [5.74, 6) is 0.104. The minimum Gasteiger partial charge on any atom is 0 e. The molecule has 0 aliphatic carbocycles. The van der Waals surface area contributed by atoms with Crippen molar-refractivity contribution in [3.05, 3.63) is 64.4 Å². The predicted molar refractivity (Wildman–Crippen MR) is 141 cm³/mol. The Balaban J connectivity index is 0.000000364. The molecule has 0 aliphatic heterocycles. The van der Waals surface area contributed by atoms with Crippen LogP contribution in [0.15, 0.2) is 47.2 Å². The van der Waals surface area contributed by atoms with Crippen LogP contribution >= 0.6 is 0 Å². The molecule has 5 heteroatoms. The van der Waals surface area contributed by atoms with Gasteiger partial charge in [-0.05, 0) is 0 Å². The first-order valence-electron chi connectivity index (χ1n) is 11.3. The number of benzene rings is 1. The molecule has 3 nitrogen and oxygen atoms in total. The summed E-state index contributed by atoms with van der Waals surface area (Å²) in [5.41, 5.74) is 4.03. The molecule has 3 rings (SSSR count). The molecule has 0 spiro atoms. The molecule has 2 heterocycles. The quantitative estimate of drug-likeness (QED) is 0.131. The van der Waals surface area contributed by atoms with Gasteiger partial charge in [-0.3, -0.25) is 4.79 Å². The number of hydrogen-bond acceptors (Lipinski definition) is 3. The number of aliphatic hydroxyl groups excluding tert-OH is 1. The first-order valence-corrected chi connectivity index (χ1v) is 13.2. The maximum absolute atomic E-state index is 11.5. The number of carbonyl (C=O) groups is 1. The van der Waals surface area contributed by atoms with Gasteiger partial charge in [0.1, 0.15) is 5.76 Å². The van der Waals surface area contributed by atoms with E-state index < -0.39 is 5.41 Å². The molecule has 2 aromatic heterocycles. The third-order valence-corrected chi connectivity index (χ3v) is 7.08. The number of rotatable bonds is 2. The summed E-state index contributed by atoms with van der Waals surface area (Å²) in [6, 6.07) is 12.3. The summed E-state index contributed by atoms with van der Waals surface area (Å²) in [6.07, 6.45) is 3.36. The molecule has 0 aliphatic rings. The van der Waals surface area contributed by atoms with Gasteiger partial charge in [0.25, 0.3) is 0 Å². The molecule has 0 unspecified atom stereocenters. The normalized spacial score (nSPS) is 12.6. The van der Waals surface area contributed by atoms with Crippen molar-refractivity contribution < 1.29 is 30.0 Å². The monoisotopic (exact) mass is 705 g/mol. The van der Waals surface area contributed by atoms with E-state index in [2.05, 4.69) is 68.0 Å². The second kappa shape index (κ2) is 11.5. The number of aromatic nitrogens is 1. The zero-order chi connectivity index (χ0) is 25.2. The zero-order valence-corrected chi connectivity index (χ0v) is 26.2. The molecular formula is C29H38IrNO2Se-. The number of hydrogen-bond donors (Lipinski definition) is 1. The molecule has 0 atom stereocenters. The summed E-state index contributed by atoms with van der Waals surface area (Å²) < 4.78 is 1.38. The number of allylic oxidation sites excluding steroid dienone is 2. The molecule has 1 aromatic carbocycles.